The Morgan fingerprint density at radius 3 is 2.70 bits per heavy atom. The Morgan fingerprint density at radius 2 is 2.30 bits per heavy atom. The number of pyridine rings is 1. The molecule has 5 heteroatoms. The Kier molecular flexibility index (Phi) is 4.05. The Hall–Kier alpha value is 0.0400. The number of nitrogens with two attached hydrogens (primary N) is 1. The maximum absolute atomic E-state index is 8.83. The third-order valence-corrected chi connectivity index (χ3v) is 1.07. The van der Waals surface area contributed by atoms with Gasteiger partial charge in [0.2, 0.25) is 0 Å². The largest absolute Gasteiger partial charge is 1.00 e. The van der Waals surface area contributed by atoms with E-state index in [1.165, 1.54) is 12.3 Å². The van der Waals surface area contributed by atoms with Gasteiger partial charge in [-0.2, -0.15) is 0 Å². The minimum atomic E-state index is -0.0810. The normalized spacial score (nSPS) is 8.50. The molecule has 50 valence electrons. The first-order valence-corrected chi connectivity index (χ1v) is 2.68. The molecule has 0 aliphatic rings. The standard InChI is InChI=1S/C5H5ClN2O.Na.H/c6-3-1-4(9)5(7)8-2-3;;/h1-2,9H,(H2,7,8);;/q;+1;-1. The van der Waals surface area contributed by atoms with Crippen molar-refractivity contribution in [1.29, 1.82) is 0 Å². The van der Waals surface area contributed by atoms with Gasteiger partial charge in [0.1, 0.15) is 0 Å². The summed E-state index contributed by atoms with van der Waals surface area (Å²) < 4.78 is 0. The van der Waals surface area contributed by atoms with E-state index in [1.54, 1.807) is 0 Å². The fraction of sp³-hybridized carbons (Fsp3) is 0. The molecule has 0 spiro atoms. The van der Waals surface area contributed by atoms with Gasteiger partial charge in [-0.3, -0.25) is 0 Å². The van der Waals surface area contributed by atoms with Crippen LogP contribution in [-0.2, 0) is 0 Å². The monoisotopic (exact) mass is 168 g/mol. The molecule has 1 rings (SSSR count). The number of anilines is 1. The van der Waals surface area contributed by atoms with Crippen LogP contribution in [0.5, 0.6) is 5.75 Å². The number of nitrogens with zero attached hydrogens (tertiary/aromatic N) is 1. The number of aromatic hydroxyl groups is 1. The summed E-state index contributed by atoms with van der Waals surface area (Å²) in [5.41, 5.74) is 5.17. The first-order valence-electron chi connectivity index (χ1n) is 2.30. The summed E-state index contributed by atoms with van der Waals surface area (Å²) >= 11 is 5.44. The summed E-state index contributed by atoms with van der Waals surface area (Å²) in [7, 11) is 0. The fourth-order valence-electron chi connectivity index (χ4n) is 0.439. The van der Waals surface area contributed by atoms with E-state index in [1.807, 2.05) is 0 Å². The molecule has 0 aliphatic heterocycles. The summed E-state index contributed by atoms with van der Waals surface area (Å²) in [6.45, 7) is 0. The third kappa shape index (κ3) is 2.34. The number of rotatable bonds is 0. The zero-order chi connectivity index (χ0) is 6.85. The van der Waals surface area contributed by atoms with Gasteiger partial charge in [-0.25, -0.2) is 4.98 Å². The van der Waals surface area contributed by atoms with Gasteiger partial charge < -0.3 is 12.3 Å². The van der Waals surface area contributed by atoms with Gasteiger partial charge in [0.05, 0.1) is 5.02 Å². The maximum Gasteiger partial charge on any atom is 1.00 e. The zero-order valence-corrected chi connectivity index (χ0v) is 8.26. The summed E-state index contributed by atoms with van der Waals surface area (Å²) in [5.74, 6) is 0.0156. The maximum atomic E-state index is 8.83. The van der Waals surface area contributed by atoms with Crippen molar-refractivity contribution in [3.63, 3.8) is 0 Å². The van der Waals surface area contributed by atoms with Gasteiger partial charge in [0.15, 0.2) is 11.6 Å². The zero-order valence-electron chi connectivity index (χ0n) is 6.50. The van der Waals surface area contributed by atoms with Crippen molar-refractivity contribution >= 4 is 17.4 Å². The molecule has 1 aromatic rings. The molecule has 0 unspecified atom stereocenters. The number of aromatic nitrogens is 1. The van der Waals surface area contributed by atoms with Crippen molar-refractivity contribution in [1.82, 2.24) is 4.98 Å². The molecule has 0 atom stereocenters. The van der Waals surface area contributed by atoms with Crippen molar-refractivity contribution in [3.05, 3.63) is 17.3 Å². The van der Waals surface area contributed by atoms with Gasteiger partial charge in [0.25, 0.3) is 0 Å². The van der Waals surface area contributed by atoms with E-state index in [9.17, 15) is 0 Å². The fourth-order valence-corrected chi connectivity index (χ4v) is 0.591. The van der Waals surface area contributed by atoms with Crippen LogP contribution in [0.2, 0.25) is 5.02 Å². The van der Waals surface area contributed by atoms with Crippen LogP contribution >= 0.6 is 11.6 Å². The van der Waals surface area contributed by atoms with E-state index in [0.29, 0.717) is 5.02 Å². The van der Waals surface area contributed by atoms with E-state index in [4.69, 9.17) is 22.4 Å². The number of halogens is 1. The second-order valence-electron chi connectivity index (χ2n) is 1.56. The van der Waals surface area contributed by atoms with Crippen LogP contribution in [0.25, 0.3) is 0 Å². The third-order valence-electron chi connectivity index (χ3n) is 0.864. The van der Waals surface area contributed by atoms with E-state index < -0.39 is 0 Å². The van der Waals surface area contributed by atoms with E-state index >= 15 is 0 Å². The minimum Gasteiger partial charge on any atom is -1.00 e. The van der Waals surface area contributed by atoms with Crippen LogP contribution < -0.4 is 35.3 Å². The Balaban J connectivity index is 0. The van der Waals surface area contributed by atoms with Gasteiger partial charge in [-0.1, -0.05) is 11.6 Å². The van der Waals surface area contributed by atoms with E-state index in [0.717, 1.165) is 0 Å². The molecule has 3 N–H and O–H groups in total. The average Bonchev–Trinajstić information content (AvgIpc) is 1.80. The second-order valence-corrected chi connectivity index (χ2v) is 1.99. The quantitative estimate of drug-likeness (QED) is 0.447. The molecule has 0 aliphatic carbocycles. The average molecular weight is 169 g/mol. The van der Waals surface area contributed by atoms with Crippen LogP contribution in [0.15, 0.2) is 12.3 Å². The molecule has 0 radical (unpaired) electrons. The number of hydrogen-bond donors (Lipinski definition) is 2. The van der Waals surface area contributed by atoms with Crippen molar-refractivity contribution in [2.45, 2.75) is 0 Å². The van der Waals surface area contributed by atoms with Gasteiger partial charge in [0, 0.05) is 12.3 Å². The Bertz CT molecular complexity index is 236. The molecule has 0 saturated heterocycles. The first-order chi connectivity index (χ1) is 4.20. The molecule has 0 saturated carbocycles. The SMILES string of the molecule is Nc1ncc(Cl)cc1O.[H-].[Na+]. The molecule has 3 nitrogen and oxygen atoms in total. The minimum absolute atomic E-state index is 0. The predicted octanol–water partition coefficient (Wildman–Crippen LogP) is -1.86. The molecular weight excluding hydrogens is 163 g/mol. The summed E-state index contributed by atoms with van der Waals surface area (Å²) in [5, 5.41) is 9.20. The molecule has 1 heterocycles. The van der Waals surface area contributed by atoms with E-state index in [-0.39, 0.29) is 42.6 Å². The smallest absolute Gasteiger partial charge is 1.00 e. The van der Waals surface area contributed by atoms with Gasteiger partial charge in [-0.05, 0) is 0 Å². The summed E-state index contributed by atoms with van der Waals surface area (Å²) in [4.78, 5) is 3.57. The molecule has 0 fully saturated rings. The van der Waals surface area contributed by atoms with E-state index in [2.05, 4.69) is 4.98 Å². The molecule has 0 amide bonds. The van der Waals surface area contributed by atoms with Crippen molar-refractivity contribution in [3.8, 4) is 5.75 Å². The first kappa shape index (κ1) is 10.0. The van der Waals surface area contributed by atoms with Crippen LogP contribution in [0.4, 0.5) is 5.82 Å². The molecule has 0 bridgehead atoms. The van der Waals surface area contributed by atoms with Crippen LogP contribution in [0, 0.1) is 0 Å². The summed E-state index contributed by atoms with van der Waals surface area (Å²) in [6, 6.07) is 1.34. The number of nitrogen functional groups attached to an aromatic ring is 1. The predicted molar refractivity (Wildman–Crippen MR) is 36.4 cm³/mol. The second kappa shape index (κ2) is 4.03. The van der Waals surface area contributed by atoms with Crippen molar-refractivity contribution in [2.24, 2.45) is 0 Å². The van der Waals surface area contributed by atoms with Crippen LogP contribution in [0.3, 0.4) is 0 Å². The Labute approximate surface area is 87.0 Å². The molecule has 0 aromatic carbocycles. The summed E-state index contributed by atoms with van der Waals surface area (Å²) in [6.07, 6.45) is 1.37. The number of hydrogen-bond acceptors (Lipinski definition) is 3. The van der Waals surface area contributed by atoms with Crippen molar-refractivity contribution < 1.29 is 36.1 Å². The van der Waals surface area contributed by atoms with Crippen LogP contribution in [-0.4, -0.2) is 10.1 Å². The molecule has 1 aromatic heterocycles. The van der Waals surface area contributed by atoms with Crippen molar-refractivity contribution in [2.75, 3.05) is 5.73 Å². The Morgan fingerprint density at radius 1 is 1.70 bits per heavy atom. The van der Waals surface area contributed by atoms with Gasteiger partial charge >= 0.3 is 29.6 Å². The van der Waals surface area contributed by atoms with Gasteiger partial charge in [-0.15, -0.1) is 0 Å². The molecular formula is C5H6ClN2NaO. The van der Waals surface area contributed by atoms with Crippen LogP contribution in [0.1, 0.15) is 1.43 Å². The molecule has 10 heavy (non-hydrogen) atoms. The topological polar surface area (TPSA) is 59.1 Å².